The fourth-order valence-electron chi connectivity index (χ4n) is 2.51. The van der Waals surface area contributed by atoms with Crippen LogP contribution in [0.1, 0.15) is 33.3 Å². The molecule has 0 saturated carbocycles. The van der Waals surface area contributed by atoms with E-state index in [2.05, 4.69) is 0 Å². The molecule has 0 unspecified atom stereocenters. The van der Waals surface area contributed by atoms with Gasteiger partial charge in [0.15, 0.2) is 11.5 Å². The number of carbonyl (C=O) groups excluding carboxylic acids is 2. The first-order valence-corrected chi connectivity index (χ1v) is 8.41. The van der Waals surface area contributed by atoms with E-state index >= 15 is 0 Å². The number of para-hydroxylation sites is 1. The van der Waals surface area contributed by atoms with Crippen molar-refractivity contribution in [2.45, 2.75) is 34.6 Å². The van der Waals surface area contributed by atoms with E-state index in [-0.39, 0.29) is 29.5 Å². The molecule has 0 saturated heterocycles. The van der Waals surface area contributed by atoms with Crippen LogP contribution < -0.4 is 4.90 Å². The number of nitrogens with zero attached hydrogens (tertiary/aromatic N) is 1. The highest BCUT2D eigenvalue weighted by atomic mass is 16.5. The van der Waals surface area contributed by atoms with E-state index in [0.29, 0.717) is 5.69 Å². The van der Waals surface area contributed by atoms with Crippen LogP contribution in [0.2, 0.25) is 0 Å². The molecule has 0 aliphatic carbocycles. The molecule has 0 spiro atoms. The minimum atomic E-state index is -0.791. The van der Waals surface area contributed by atoms with Crippen LogP contribution in [0, 0.1) is 17.7 Å². The minimum Gasteiger partial charge on any atom is -0.505 e. The Hall–Kier alpha value is -2.89. The van der Waals surface area contributed by atoms with E-state index in [4.69, 9.17) is 10.1 Å². The van der Waals surface area contributed by atoms with E-state index in [0.717, 1.165) is 5.56 Å². The number of hydrogen-bond acceptors (Lipinski definition) is 5. The van der Waals surface area contributed by atoms with Gasteiger partial charge in [-0.1, -0.05) is 39.0 Å². The van der Waals surface area contributed by atoms with Gasteiger partial charge in [0.05, 0.1) is 18.0 Å². The van der Waals surface area contributed by atoms with E-state index in [1.165, 1.54) is 11.0 Å². The molecule has 0 fully saturated rings. The van der Waals surface area contributed by atoms with Gasteiger partial charge in [-0.2, -0.15) is 0 Å². The number of aryl methyl sites for hydroxylation is 1. The zero-order chi connectivity index (χ0) is 19.6. The topological polar surface area (TPSA) is 90.7 Å². The number of rotatable bonds is 4. The van der Waals surface area contributed by atoms with Gasteiger partial charge in [0.1, 0.15) is 11.4 Å². The van der Waals surface area contributed by atoms with Crippen LogP contribution in [-0.2, 0) is 14.3 Å². The molecule has 6 nitrogen and oxygen atoms in total. The average molecular weight is 356 g/mol. The summed E-state index contributed by atoms with van der Waals surface area (Å²) in [6.45, 7) is 8.90. The molecule has 2 rings (SSSR count). The zero-order valence-electron chi connectivity index (χ0n) is 15.7. The first-order valence-electron chi connectivity index (χ1n) is 8.41. The lowest BCUT2D eigenvalue weighted by atomic mass is 9.90. The Kier molecular flexibility index (Phi) is 5.35. The summed E-state index contributed by atoms with van der Waals surface area (Å²) < 4.78 is 4.97. The average Bonchev–Trinajstić information content (AvgIpc) is 2.78. The molecule has 0 aromatic heterocycles. The SMILES string of the molecule is CCOC(=O)C1=C(O)C(=CC(=O)C(C)(C)C)N(c2ccccc2C)C1=N. The van der Waals surface area contributed by atoms with Crippen molar-refractivity contribution in [3.8, 4) is 0 Å². The number of ketones is 1. The number of aliphatic hydroxyl groups excluding tert-OH is 1. The van der Waals surface area contributed by atoms with Crippen LogP contribution in [0.5, 0.6) is 0 Å². The highest BCUT2D eigenvalue weighted by Crippen LogP contribution is 2.36. The second-order valence-electron chi connectivity index (χ2n) is 7.06. The Balaban J connectivity index is 2.65. The fraction of sp³-hybridized carbons (Fsp3) is 0.350. The van der Waals surface area contributed by atoms with Crippen LogP contribution in [0.15, 0.2) is 47.4 Å². The number of hydrogen-bond donors (Lipinski definition) is 2. The largest absolute Gasteiger partial charge is 0.505 e. The third-order valence-electron chi connectivity index (χ3n) is 4.02. The Morgan fingerprint density at radius 3 is 2.42 bits per heavy atom. The quantitative estimate of drug-likeness (QED) is 0.634. The molecule has 1 aliphatic rings. The van der Waals surface area contributed by atoms with Gasteiger partial charge in [-0.15, -0.1) is 0 Å². The van der Waals surface area contributed by atoms with Crippen molar-refractivity contribution in [2.24, 2.45) is 5.41 Å². The highest BCUT2D eigenvalue weighted by Gasteiger charge is 2.39. The Bertz CT molecular complexity index is 828. The molecule has 0 radical (unpaired) electrons. The lowest BCUT2D eigenvalue weighted by Gasteiger charge is -2.23. The zero-order valence-corrected chi connectivity index (χ0v) is 15.7. The normalized spacial score (nSPS) is 16.4. The second-order valence-corrected chi connectivity index (χ2v) is 7.06. The van der Waals surface area contributed by atoms with Gasteiger partial charge >= 0.3 is 5.97 Å². The highest BCUT2D eigenvalue weighted by molar-refractivity contribution is 6.28. The van der Waals surface area contributed by atoms with Crippen molar-refractivity contribution in [1.29, 1.82) is 5.41 Å². The summed E-state index contributed by atoms with van der Waals surface area (Å²) in [4.78, 5) is 26.2. The summed E-state index contributed by atoms with van der Waals surface area (Å²) in [5, 5.41) is 19.1. The van der Waals surface area contributed by atoms with Crippen molar-refractivity contribution < 1.29 is 19.4 Å². The Morgan fingerprint density at radius 2 is 1.88 bits per heavy atom. The molecule has 6 heteroatoms. The molecule has 1 aliphatic heterocycles. The number of carbonyl (C=O) groups is 2. The molecular weight excluding hydrogens is 332 g/mol. The number of ether oxygens (including phenoxy) is 1. The molecule has 2 N–H and O–H groups in total. The van der Waals surface area contributed by atoms with Crippen LogP contribution >= 0.6 is 0 Å². The van der Waals surface area contributed by atoms with Crippen molar-refractivity contribution in [3.63, 3.8) is 0 Å². The Labute approximate surface area is 153 Å². The number of anilines is 1. The predicted octanol–water partition coefficient (Wildman–Crippen LogP) is 3.67. The number of amidine groups is 1. The Morgan fingerprint density at radius 1 is 1.27 bits per heavy atom. The van der Waals surface area contributed by atoms with Crippen LogP contribution in [0.25, 0.3) is 0 Å². The lowest BCUT2D eigenvalue weighted by molar-refractivity contribution is -0.138. The summed E-state index contributed by atoms with van der Waals surface area (Å²) in [5.74, 6) is -1.66. The van der Waals surface area contributed by atoms with Gasteiger partial charge in [-0.25, -0.2) is 4.79 Å². The van der Waals surface area contributed by atoms with Gasteiger partial charge < -0.3 is 9.84 Å². The van der Waals surface area contributed by atoms with E-state index in [1.54, 1.807) is 39.8 Å². The van der Waals surface area contributed by atoms with Gasteiger partial charge in [0.25, 0.3) is 0 Å². The fourth-order valence-corrected chi connectivity index (χ4v) is 2.51. The number of allylic oxidation sites excluding steroid dienone is 1. The summed E-state index contributed by atoms with van der Waals surface area (Å²) in [6, 6.07) is 7.26. The minimum absolute atomic E-state index is 0.104. The molecule has 0 amide bonds. The number of esters is 1. The summed E-state index contributed by atoms with van der Waals surface area (Å²) >= 11 is 0. The molecule has 1 heterocycles. The standard InChI is InChI=1S/C20H24N2O4/c1-6-26-19(25)16-17(24)14(11-15(23)20(3,4)5)22(18(16)21)13-10-8-7-9-12(13)2/h7-11,21,24H,6H2,1-5H3. The molecule has 0 atom stereocenters. The van der Waals surface area contributed by atoms with Crippen molar-refractivity contribution in [2.75, 3.05) is 11.5 Å². The van der Waals surface area contributed by atoms with Gasteiger partial charge in [-0.3, -0.25) is 15.1 Å². The summed E-state index contributed by atoms with van der Waals surface area (Å²) in [6.07, 6.45) is 1.28. The smallest absolute Gasteiger partial charge is 0.345 e. The molecule has 26 heavy (non-hydrogen) atoms. The van der Waals surface area contributed by atoms with Crippen molar-refractivity contribution >= 4 is 23.3 Å². The van der Waals surface area contributed by atoms with Crippen LogP contribution in [-0.4, -0.2) is 29.3 Å². The maximum Gasteiger partial charge on any atom is 0.345 e. The third-order valence-corrected chi connectivity index (χ3v) is 4.02. The van der Waals surface area contributed by atoms with Crippen LogP contribution in [0.3, 0.4) is 0 Å². The molecule has 0 bridgehead atoms. The number of aliphatic hydroxyl groups is 1. The third kappa shape index (κ3) is 3.54. The first-order chi connectivity index (χ1) is 12.1. The number of nitrogens with one attached hydrogen (secondary N) is 1. The van der Waals surface area contributed by atoms with Gasteiger partial charge in [0, 0.05) is 11.5 Å². The van der Waals surface area contributed by atoms with Gasteiger partial charge in [0.2, 0.25) is 0 Å². The number of benzene rings is 1. The molecule has 138 valence electrons. The maximum absolute atomic E-state index is 12.5. The molecule has 1 aromatic carbocycles. The predicted molar refractivity (Wildman–Crippen MR) is 100 cm³/mol. The summed E-state index contributed by atoms with van der Waals surface area (Å²) in [7, 11) is 0. The van der Waals surface area contributed by atoms with E-state index in [9.17, 15) is 14.7 Å². The molecular formula is C20H24N2O4. The van der Waals surface area contributed by atoms with Gasteiger partial charge in [-0.05, 0) is 25.5 Å². The van der Waals surface area contributed by atoms with Crippen molar-refractivity contribution in [3.05, 3.63) is 52.9 Å². The maximum atomic E-state index is 12.5. The first kappa shape index (κ1) is 19.4. The van der Waals surface area contributed by atoms with Crippen molar-refractivity contribution in [1.82, 2.24) is 0 Å². The van der Waals surface area contributed by atoms with E-state index in [1.807, 2.05) is 19.1 Å². The van der Waals surface area contributed by atoms with E-state index < -0.39 is 17.1 Å². The second kappa shape index (κ2) is 7.15. The summed E-state index contributed by atoms with van der Waals surface area (Å²) in [5.41, 5.74) is 0.635. The monoisotopic (exact) mass is 356 g/mol. The van der Waals surface area contributed by atoms with Crippen LogP contribution in [0.4, 0.5) is 5.69 Å². The lowest BCUT2D eigenvalue weighted by Crippen LogP contribution is -2.29. The molecule has 1 aromatic rings.